The van der Waals surface area contributed by atoms with Crippen LogP contribution in [0, 0.1) is 11.3 Å². The average molecular weight is 552 g/mol. The molecule has 0 radical (unpaired) electrons. The summed E-state index contributed by atoms with van der Waals surface area (Å²) in [7, 11) is 0. The van der Waals surface area contributed by atoms with E-state index in [-0.39, 0.29) is 48.9 Å². The fourth-order valence-electron chi connectivity index (χ4n) is 5.27. The molecule has 1 unspecified atom stereocenters. The fourth-order valence-corrected chi connectivity index (χ4v) is 5.27. The largest absolute Gasteiger partial charge is 0.493 e. The number of alkyl halides is 6. The molecule has 2 aliphatic rings. The Bertz CT molecular complexity index is 1050. The predicted octanol–water partition coefficient (Wildman–Crippen LogP) is 6.63. The SMILES string of the molecule is CCCc1cc2c(c(CCC)c1OCCCCN1C(=O)C(C)C(C)(C)C1=O)COC2(C(F)(F)F)C(F)(F)F. The highest BCUT2D eigenvalue weighted by atomic mass is 19.4. The lowest BCUT2D eigenvalue weighted by Crippen LogP contribution is -2.53. The number of likely N-dealkylation sites (tertiary alicyclic amines) is 1. The Labute approximate surface area is 218 Å². The molecule has 0 N–H and O–H groups in total. The number of halogens is 6. The smallest absolute Gasteiger partial charge is 0.430 e. The van der Waals surface area contributed by atoms with Crippen molar-refractivity contribution in [3.05, 3.63) is 28.3 Å². The highest BCUT2D eigenvalue weighted by Gasteiger charge is 2.76. The number of ether oxygens (including phenoxy) is 2. The minimum Gasteiger partial charge on any atom is -0.493 e. The van der Waals surface area contributed by atoms with Crippen molar-refractivity contribution in [1.29, 1.82) is 0 Å². The van der Waals surface area contributed by atoms with Gasteiger partial charge in [-0.25, -0.2) is 0 Å². The number of imide groups is 1. The molecule has 11 heteroatoms. The fraction of sp³-hybridized carbons (Fsp3) is 0.704. The van der Waals surface area contributed by atoms with Gasteiger partial charge in [0.05, 0.1) is 18.6 Å². The van der Waals surface area contributed by atoms with Crippen molar-refractivity contribution in [2.24, 2.45) is 11.3 Å². The van der Waals surface area contributed by atoms with Gasteiger partial charge in [0, 0.05) is 23.6 Å². The second-order valence-corrected chi connectivity index (χ2v) is 10.6. The van der Waals surface area contributed by atoms with Gasteiger partial charge in [0.1, 0.15) is 5.75 Å². The van der Waals surface area contributed by atoms with Crippen LogP contribution in [-0.4, -0.2) is 42.2 Å². The molecule has 1 aromatic carbocycles. The molecule has 2 amide bonds. The molecule has 1 atom stereocenters. The number of hydrogen-bond donors (Lipinski definition) is 0. The zero-order valence-corrected chi connectivity index (χ0v) is 22.4. The van der Waals surface area contributed by atoms with Crippen molar-refractivity contribution in [2.75, 3.05) is 13.2 Å². The maximum Gasteiger partial charge on any atom is 0.430 e. The van der Waals surface area contributed by atoms with E-state index in [1.165, 1.54) is 4.90 Å². The number of unbranched alkanes of at least 4 members (excludes halogenated alkanes) is 1. The van der Waals surface area contributed by atoms with E-state index in [9.17, 15) is 35.9 Å². The van der Waals surface area contributed by atoms with Gasteiger partial charge in [0.2, 0.25) is 11.8 Å². The van der Waals surface area contributed by atoms with Crippen LogP contribution in [0.15, 0.2) is 6.07 Å². The summed E-state index contributed by atoms with van der Waals surface area (Å²) in [5.74, 6) is -0.580. The van der Waals surface area contributed by atoms with Gasteiger partial charge in [-0.05, 0) is 42.9 Å². The van der Waals surface area contributed by atoms with Crippen LogP contribution in [0.4, 0.5) is 26.3 Å². The lowest BCUT2D eigenvalue weighted by molar-refractivity contribution is -0.385. The number of fused-ring (bicyclic) bond motifs is 1. The Hall–Kier alpha value is -2.30. The van der Waals surface area contributed by atoms with Crippen LogP contribution in [0.1, 0.15) is 82.6 Å². The molecule has 3 rings (SSSR count). The van der Waals surface area contributed by atoms with Gasteiger partial charge in [0.25, 0.3) is 5.60 Å². The first-order chi connectivity index (χ1) is 17.6. The number of amides is 2. The van der Waals surface area contributed by atoms with Crippen LogP contribution >= 0.6 is 0 Å². The highest BCUT2D eigenvalue weighted by Crippen LogP contribution is 2.58. The van der Waals surface area contributed by atoms with Crippen molar-refractivity contribution in [3.63, 3.8) is 0 Å². The third-order valence-electron chi connectivity index (χ3n) is 7.74. The molecular formula is C27H35F6NO4. The number of aryl methyl sites for hydroxylation is 1. The predicted molar refractivity (Wildman–Crippen MR) is 127 cm³/mol. The molecule has 2 heterocycles. The van der Waals surface area contributed by atoms with Crippen molar-refractivity contribution in [3.8, 4) is 5.75 Å². The number of carbonyl (C=O) groups is 2. The first kappa shape index (κ1) is 30.2. The van der Waals surface area contributed by atoms with Gasteiger partial charge >= 0.3 is 12.4 Å². The van der Waals surface area contributed by atoms with Gasteiger partial charge in [-0.15, -0.1) is 0 Å². The maximum atomic E-state index is 13.9. The van der Waals surface area contributed by atoms with Crippen LogP contribution in [0.25, 0.3) is 0 Å². The number of nitrogens with zero attached hydrogens (tertiary/aromatic N) is 1. The van der Waals surface area contributed by atoms with Crippen LogP contribution in [0.3, 0.4) is 0 Å². The Kier molecular flexibility index (Phi) is 8.51. The van der Waals surface area contributed by atoms with E-state index in [0.29, 0.717) is 37.0 Å². The Morgan fingerprint density at radius 2 is 1.63 bits per heavy atom. The van der Waals surface area contributed by atoms with Gasteiger partial charge in [-0.1, -0.05) is 47.5 Å². The summed E-state index contributed by atoms with van der Waals surface area (Å²) < 4.78 is 94.2. The minimum atomic E-state index is -5.69. The van der Waals surface area contributed by atoms with Crippen LogP contribution in [-0.2, 0) is 39.4 Å². The molecule has 1 saturated heterocycles. The lowest BCUT2D eigenvalue weighted by Gasteiger charge is -2.34. The van der Waals surface area contributed by atoms with E-state index in [1.54, 1.807) is 34.6 Å². The molecule has 0 saturated carbocycles. The number of carbonyl (C=O) groups excluding carboxylic acids is 2. The summed E-state index contributed by atoms with van der Waals surface area (Å²) in [6, 6.07) is 0.951. The van der Waals surface area contributed by atoms with Crippen LogP contribution in [0.2, 0.25) is 0 Å². The Morgan fingerprint density at radius 1 is 1.03 bits per heavy atom. The molecule has 1 fully saturated rings. The highest BCUT2D eigenvalue weighted by molar-refractivity contribution is 6.06. The first-order valence-electron chi connectivity index (χ1n) is 13.0. The summed E-state index contributed by atoms with van der Waals surface area (Å²) in [6.07, 6.45) is -9.07. The third-order valence-corrected chi connectivity index (χ3v) is 7.74. The standard InChI is InChI=1S/C27H35F6NO4/c1-6-10-17-14-20-19(15-38-25(20,26(28,29)30)27(31,32)33)18(11-7-2)21(17)37-13-9-8-12-34-22(35)16(3)24(4,5)23(34)36/h14,16H,6-13,15H2,1-5H3. The summed E-state index contributed by atoms with van der Waals surface area (Å²) in [5, 5.41) is 0. The Balaban J connectivity index is 1.86. The van der Waals surface area contributed by atoms with E-state index in [0.717, 1.165) is 6.07 Å². The van der Waals surface area contributed by atoms with Crippen molar-refractivity contribution in [2.45, 2.75) is 97.7 Å². The normalized spacial score (nSPS) is 20.8. The number of hydrogen-bond acceptors (Lipinski definition) is 4. The third kappa shape index (κ3) is 4.91. The molecule has 2 aliphatic heterocycles. The number of rotatable bonds is 10. The van der Waals surface area contributed by atoms with E-state index in [1.807, 2.05) is 0 Å². The molecule has 5 nitrogen and oxygen atoms in total. The molecule has 0 aliphatic carbocycles. The molecule has 214 valence electrons. The molecule has 0 spiro atoms. The van der Waals surface area contributed by atoms with Gasteiger partial charge < -0.3 is 9.47 Å². The van der Waals surface area contributed by atoms with Crippen LogP contribution in [0.5, 0.6) is 5.75 Å². The lowest BCUT2D eigenvalue weighted by atomic mass is 9.82. The molecule has 38 heavy (non-hydrogen) atoms. The topological polar surface area (TPSA) is 55.8 Å². The summed E-state index contributed by atoms with van der Waals surface area (Å²) in [6.45, 7) is 8.27. The average Bonchev–Trinajstić information content (AvgIpc) is 3.27. The zero-order chi connectivity index (χ0) is 28.7. The second kappa shape index (κ2) is 10.7. The van der Waals surface area contributed by atoms with Gasteiger partial charge in [-0.3, -0.25) is 14.5 Å². The monoisotopic (exact) mass is 551 g/mol. The second-order valence-electron chi connectivity index (χ2n) is 10.6. The van der Waals surface area contributed by atoms with Crippen molar-refractivity contribution in [1.82, 2.24) is 4.90 Å². The minimum absolute atomic E-state index is 0.124. The summed E-state index contributed by atoms with van der Waals surface area (Å²) in [4.78, 5) is 26.3. The van der Waals surface area contributed by atoms with Gasteiger partial charge in [0.15, 0.2) is 0 Å². The first-order valence-corrected chi connectivity index (χ1v) is 13.0. The number of benzene rings is 1. The Morgan fingerprint density at radius 3 is 2.13 bits per heavy atom. The summed E-state index contributed by atoms with van der Waals surface area (Å²) in [5.41, 5.74) is -5.59. The van der Waals surface area contributed by atoms with Crippen molar-refractivity contribution >= 4 is 11.8 Å². The molecular weight excluding hydrogens is 516 g/mol. The van der Waals surface area contributed by atoms with Gasteiger partial charge in [-0.2, -0.15) is 26.3 Å². The van der Waals surface area contributed by atoms with E-state index >= 15 is 0 Å². The molecule has 0 aromatic heterocycles. The quantitative estimate of drug-likeness (QED) is 0.186. The van der Waals surface area contributed by atoms with E-state index < -0.39 is 41.5 Å². The maximum absolute atomic E-state index is 13.9. The summed E-state index contributed by atoms with van der Waals surface area (Å²) >= 11 is 0. The van der Waals surface area contributed by atoms with E-state index in [2.05, 4.69) is 4.74 Å². The zero-order valence-electron chi connectivity index (χ0n) is 22.4. The van der Waals surface area contributed by atoms with E-state index in [4.69, 9.17) is 4.74 Å². The van der Waals surface area contributed by atoms with Crippen LogP contribution < -0.4 is 4.74 Å². The molecule has 1 aromatic rings. The van der Waals surface area contributed by atoms with Crippen molar-refractivity contribution < 1.29 is 45.4 Å². The molecule has 0 bridgehead atoms.